The van der Waals surface area contributed by atoms with Crippen LogP contribution in [0.5, 0.6) is 0 Å². The number of fused-ring (bicyclic) bond motifs is 3. The molecule has 4 heteroatoms. The van der Waals surface area contributed by atoms with E-state index in [1.165, 1.54) is 22.0 Å². The first-order valence-corrected chi connectivity index (χ1v) is 13.2. The highest BCUT2D eigenvalue weighted by Crippen LogP contribution is 2.42. The van der Waals surface area contributed by atoms with Crippen LogP contribution in [0, 0.1) is 0 Å². The Morgan fingerprint density at radius 1 is 1.07 bits per heavy atom. The van der Waals surface area contributed by atoms with Crippen molar-refractivity contribution in [3.8, 4) is 11.3 Å². The second kappa shape index (κ2) is 8.09. The molecule has 2 heterocycles. The molecule has 1 aliphatic rings. The summed E-state index contributed by atoms with van der Waals surface area (Å²) in [6.07, 6.45) is 3.34. The number of methoxy groups -OCH3 is 2. The average molecular weight is 383 g/mol. The average Bonchev–Trinajstić information content (AvgIpc) is 2.64. The molecule has 2 aromatic rings. The van der Waals surface area contributed by atoms with E-state index in [-0.39, 0.29) is 6.04 Å². The standard InChI is InChI=1S/C23H32NO2Si/c1-17(16-26-3)23-21(13-14-25-2)19-9-7-8-10-20(19)22-12-11-18(15-24(22)23)27(4,5)6/h7-12,15,21,23H,1,13-14,16H2,2-6H3/q+1. The molecule has 2 unspecified atom stereocenters. The third-order valence-electron chi connectivity index (χ3n) is 5.54. The van der Waals surface area contributed by atoms with Gasteiger partial charge in [-0.2, -0.15) is 4.57 Å². The lowest BCUT2D eigenvalue weighted by Gasteiger charge is -2.32. The van der Waals surface area contributed by atoms with Crippen molar-refractivity contribution in [1.29, 1.82) is 0 Å². The first kappa shape index (κ1) is 20.0. The number of benzene rings is 1. The molecule has 3 nitrogen and oxygen atoms in total. The highest BCUT2D eigenvalue weighted by atomic mass is 28.3. The summed E-state index contributed by atoms with van der Waals surface area (Å²) >= 11 is 0. The van der Waals surface area contributed by atoms with Gasteiger partial charge in [-0.3, -0.25) is 0 Å². The predicted molar refractivity (Wildman–Crippen MR) is 114 cm³/mol. The van der Waals surface area contributed by atoms with E-state index in [1.54, 1.807) is 14.2 Å². The maximum Gasteiger partial charge on any atom is 0.213 e. The fourth-order valence-electron chi connectivity index (χ4n) is 4.15. The second-order valence-electron chi connectivity index (χ2n) is 8.47. The van der Waals surface area contributed by atoms with Gasteiger partial charge >= 0.3 is 0 Å². The zero-order valence-corrected chi connectivity index (χ0v) is 18.3. The van der Waals surface area contributed by atoms with Gasteiger partial charge in [0.1, 0.15) is 0 Å². The smallest absolute Gasteiger partial charge is 0.213 e. The van der Waals surface area contributed by atoms with E-state index in [4.69, 9.17) is 9.47 Å². The maximum atomic E-state index is 5.47. The second-order valence-corrected chi connectivity index (χ2v) is 13.5. The first-order chi connectivity index (χ1) is 12.9. The number of nitrogens with zero attached hydrogens (tertiary/aromatic N) is 1. The molecular weight excluding hydrogens is 350 g/mol. The van der Waals surface area contributed by atoms with Gasteiger partial charge < -0.3 is 9.47 Å². The van der Waals surface area contributed by atoms with Crippen LogP contribution in [-0.4, -0.2) is 35.5 Å². The van der Waals surface area contributed by atoms with Gasteiger partial charge in [0.05, 0.1) is 20.6 Å². The number of pyridine rings is 1. The minimum absolute atomic E-state index is 0.182. The van der Waals surface area contributed by atoms with Gasteiger partial charge in [0.15, 0.2) is 12.2 Å². The van der Waals surface area contributed by atoms with Crippen LogP contribution in [-0.2, 0) is 9.47 Å². The van der Waals surface area contributed by atoms with E-state index < -0.39 is 8.07 Å². The number of hydrogen-bond donors (Lipinski definition) is 0. The van der Waals surface area contributed by atoms with Gasteiger partial charge in [-0.25, -0.2) is 0 Å². The van der Waals surface area contributed by atoms with Crippen LogP contribution >= 0.6 is 0 Å². The summed E-state index contributed by atoms with van der Waals surface area (Å²) < 4.78 is 13.4. The van der Waals surface area contributed by atoms with Gasteiger partial charge in [0, 0.05) is 43.2 Å². The third kappa shape index (κ3) is 3.93. The SMILES string of the molecule is C=C(COC)C1C(CCOC)c2ccccc2-c2ccc([Si](C)(C)C)c[n+]21. The minimum atomic E-state index is -1.42. The Morgan fingerprint density at radius 2 is 1.81 bits per heavy atom. The quantitative estimate of drug-likeness (QED) is 0.409. The van der Waals surface area contributed by atoms with Gasteiger partial charge in [-0.15, -0.1) is 0 Å². The maximum absolute atomic E-state index is 5.47. The molecule has 1 aliphatic heterocycles. The van der Waals surface area contributed by atoms with Crippen molar-refractivity contribution in [2.75, 3.05) is 27.4 Å². The summed E-state index contributed by atoms with van der Waals surface area (Å²) in [5.74, 6) is 0.332. The molecule has 1 aromatic heterocycles. The molecule has 0 radical (unpaired) electrons. The van der Waals surface area contributed by atoms with E-state index in [2.05, 4.69) is 73.4 Å². The van der Waals surface area contributed by atoms with Gasteiger partial charge in [0.25, 0.3) is 0 Å². The summed E-state index contributed by atoms with van der Waals surface area (Å²) in [5.41, 5.74) is 5.09. The van der Waals surface area contributed by atoms with Crippen LogP contribution < -0.4 is 9.75 Å². The fraction of sp³-hybridized carbons (Fsp3) is 0.435. The Kier molecular flexibility index (Phi) is 5.99. The highest BCUT2D eigenvalue weighted by Gasteiger charge is 2.42. The molecule has 0 bridgehead atoms. The van der Waals surface area contributed by atoms with E-state index in [0.29, 0.717) is 12.5 Å². The summed E-state index contributed by atoms with van der Waals surface area (Å²) in [4.78, 5) is 0. The number of ether oxygens (including phenoxy) is 2. The molecule has 1 aromatic carbocycles. The molecule has 0 saturated carbocycles. The lowest BCUT2D eigenvalue weighted by molar-refractivity contribution is -0.709. The number of hydrogen-bond acceptors (Lipinski definition) is 2. The van der Waals surface area contributed by atoms with E-state index in [1.807, 2.05) is 0 Å². The van der Waals surface area contributed by atoms with E-state index >= 15 is 0 Å². The van der Waals surface area contributed by atoms with Crippen molar-refractivity contribution >= 4 is 13.3 Å². The molecular formula is C23H32NO2Si+. The Bertz CT molecular complexity index is 825. The molecule has 0 saturated heterocycles. The van der Waals surface area contributed by atoms with Crippen molar-refractivity contribution in [2.45, 2.75) is 38.0 Å². The first-order valence-electron chi connectivity index (χ1n) is 9.69. The zero-order chi connectivity index (χ0) is 19.6. The number of rotatable bonds is 7. The van der Waals surface area contributed by atoms with Gasteiger partial charge in [-0.1, -0.05) is 50.5 Å². The molecule has 27 heavy (non-hydrogen) atoms. The highest BCUT2D eigenvalue weighted by molar-refractivity contribution is 6.88. The monoisotopic (exact) mass is 382 g/mol. The van der Waals surface area contributed by atoms with Crippen molar-refractivity contribution < 1.29 is 14.0 Å². The molecule has 2 atom stereocenters. The number of aromatic nitrogens is 1. The van der Waals surface area contributed by atoms with Gasteiger partial charge in [0.2, 0.25) is 5.69 Å². The van der Waals surface area contributed by atoms with Crippen molar-refractivity contribution in [2.24, 2.45) is 0 Å². The lowest BCUT2D eigenvalue weighted by atomic mass is 9.78. The predicted octanol–water partition coefficient (Wildman–Crippen LogP) is 4.06. The Hall–Kier alpha value is -1.75. The van der Waals surface area contributed by atoms with Crippen LogP contribution in [0.4, 0.5) is 0 Å². The molecule has 0 aliphatic carbocycles. The van der Waals surface area contributed by atoms with Crippen LogP contribution in [0.3, 0.4) is 0 Å². The van der Waals surface area contributed by atoms with Crippen molar-refractivity contribution in [3.05, 3.63) is 60.3 Å². The molecule has 0 N–H and O–H groups in total. The van der Waals surface area contributed by atoms with Crippen molar-refractivity contribution in [3.63, 3.8) is 0 Å². The summed E-state index contributed by atoms with van der Waals surface area (Å²) in [6, 6.07) is 13.6. The van der Waals surface area contributed by atoms with Crippen LogP contribution in [0.1, 0.15) is 23.9 Å². The Labute approximate surface area is 164 Å². The molecule has 3 rings (SSSR count). The third-order valence-corrected chi connectivity index (χ3v) is 7.57. The summed E-state index contributed by atoms with van der Waals surface area (Å²) in [5, 5.41) is 1.46. The lowest BCUT2D eigenvalue weighted by Crippen LogP contribution is -2.53. The van der Waals surface area contributed by atoms with Crippen LogP contribution in [0.2, 0.25) is 19.6 Å². The molecule has 0 fully saturated rings. The topological polar surface area (TPSA) is 22.3 Å². The van der Waals surface area contributed by atoms with E-state index in [0.717, 1.165) is 18.6 Å². The Balaban J connectivity index is 2.22. The zero-order valence-electron chi connectivity index (χ0n) is 17.3. The summed E-state index contributed by atoms with van der Waals surface area (Å²) in [7, 11) is 2.10. The Morgan fingerprint density at radius 3 is 2.48 bits per heavy atom. The van der Waals surface area contributed by atoms with Gasteiger partial charge in [-0.05, 0) is 18.1 Å². The van der Waals surface area contributed by atoms with Crippen molar-refractivity contribution in [1.82, 2.24) is 0 Å². The minimum Gasteiger partial charge on any atom is -0.385 e. The molecule has 0 spiro atoms. The van der Waals surface area contributed by atoms with E-state index in [9.17, 15) is 0 Å². The largest absolute Gasteiger partial charge is 0.385 e. The molecule has 144 valence electrons. The molecule has 0 amide bonds. The fourth-order valence-corrected chi connectivity index (χ4v) is 5.26. The normalized spacial score (nSPS) is 18.7. The van der Waals surface area contributed by atoms with Crippen LogP contribution in [0.25, 0.3) is 11.3 Å². The van der Waals surface area contributed by atoms with Crippen LogP contribution in [0.15, 0.2) is 54.7 Å². The summed E-state index contributed by atoms with van der Waals surface area (Å²) in [6.45, 7) is 12.9.